The fourth-order valence-electron chi connectivity index (χ4n) is 7.70. The first-order chi connectivity index (χ1) is 28.7. The molecule has 1 heterocycles. The topological polar surface area (TPSA) is 38.7 Å². The molecule has 0 amide bonds. The van der Waals surface area contributed by atoms with E-state index >= 15 is 0 Å². The quantitative estimate of drug-likeness (QED) is 0.156. The maximum absolute atomic E-state index is 5.17. The molecular weight excluding hydrogens is 703 g/mol. The highest BCUT2D eigenvalue weighted by molar-refractivity contribution is 5.91. The molecule has 272 valence electrons. The molecule has 0 saturated heterocycles. The minimum atomic E-state index is 0.619. The van der Waals surface area contributed by atoms with Crippen LogP contribution in [0.4, 0.5) is 0 Å². The summed E-state index contributed by atoms with van der Waals surface area (Å²) >= 11 is 0. The van der Waals surface area contributed by atoms with Gasteiger partial charge >= 0.3 is 0 Å². The maximum atomic E-state index is 5.17. The summed E-state index contributed by atoms with van der Waals surface area (Å²) in [4.78, 5) is 15.4. The maximum Gasteiger partial charge on any atom is 0.164 e. The van der Waals surface area contributed by atoms with Crippen molar-refractivity contribution in [2.75, 3.05) is 0 Å². The molecule has 0 bridgehead atoms. The Balaban J connectivity index is 1.09. The van der Waals surface area contributed by atoms with Gasteiger partial charge in [0.05, 0.1) is 0 Å². The predicted octanol–water partition coefficient (Wildman–Crippen LogP) is 14.4. The molecule has 0 atom stereocenters. The lowest BCUT2D eigenvalue weighted by Gasteiger charge is -2.15. The molecule has 0 spiro atoms. The molecule has 0 N–H and O–H groups in total. The zero-order valence-corrected chi connectivity index (χ0v) is 31.7. The zero-order chi connectivity index (χ0) is 38.7. The van der Waals surface area contributed by atoms with E-state index in [1.165, 1.54) is 27.5 Å². The van der Waals surface area contributed by atoms with E-state index in [1.807, 2.05) is 12.1 Å². The fraction of sp³-hybridized carbons (Fsp3) is 0. The molecule has 0 aliphatic rings. The van der Waals surface area contributed by atoms with E-state index in [9.17, 15) is 0 Å². The van der Waals surface area contributed by atoms with Gasteiger partial charge in [-0.1, -0.05) is 200 Å². The van der Waals surface area contributed by atoms with E-state index in [0.29, 0.717) is 17.5 Å². The second-order valence-corrected chi connectivity index (χ2v) is 14.5. The SMILES string of the molecule is c1ccc(-c2ccc(-c3nc(-c4cccc(-c5ccccc5)c4)nc(-c4cccc(-c5ccc(-c6ccc7ccccc7c6)cc5-c5ccccc5)c4)n3)cc2)cc1. The summed E-state index contributed by atoms with van der Waals surface area (Å²) in [7, 11) is 0. The van der Waals surface area contributed by atoms with Crippen LogP contribution in [0.5, 0.6) is 0 Å². The Morgan fingerprint density at radius 1 is 0.190 bits per heavy atom. The molecule has 0 aliphatic heterocycles. The standard InChI is InChI=1S/C55H37N3/c1-4-14-38(15-5-1)41-26-29-43(30-27-41)53-56-54(49-24-12-22-45(35-49)39-16-6-2-7-17-39)58-55(57-53)50-25-13-23-48(36-50)51-33-32-47(37-52(51)42-19-8-3-9-20-42)46-31-28-40-18-10-11-21-44(40)34-46/h1-37H. The van der Waals surface area contributed by atoms with Crippen LogP contribution >= 0.6 is 0 Å². The number of aromatic nitrogens is 3. The van der Waals surface area contributed by atoms with Crippen LogP contribution in [0, 0.1) is 0 Å². The zero-order valence-electron chi connectivity index (χ0n) is 31.7. The Hall–Kier alpha value is -7.75. The third-order valence-corrected chi connectivity index (χ3v) is 10.7. The van der Waals surface area contributed by atoms with Crippen LogP contribution < -0.4 is 0 Å². The van der Waals surface area contributed by atoms with Crippen LogP contribution in [0.1, 0.15) is 0 Å². The van der Waals surface area contributed by atoms with Crippen molar-refractivity contribution in [1.82, 2.24) is 15.0 Å². The Morgan fingerprint density at radius 2 is 0.586 bits per heavy atom. The molecule has 10 aromatic rings. The van der Waals surface area contributed by atoms with Gasteiger partial charge in [0.2, 0.25) is 0 Å². The molecule has 58 heavy (non-hydrogen) atoms. The number of fused-ring (bicyclic) bond motifs is 1. The third-order valence-electron chi connectivity index (χ3n) is 10.7. The van der Waals surface area contributed by atoms with E-state index in [0.717, 1.165) is 55.6 Å². The summed E-state index contributed by atoms with van der Waals surface area (Å²) in [5.41, 5.74) is 14.2. The average Bonchev–Trinajstić information content (AvgIpc) is 3.32. The Labute approximate surface area is 338 Å². The van der Waals surface area contributed by atoms with Gasteiger partial charge in [0.1, 0.15) is 0 Å². The third kappa shape index (κ3) is 7.09. The molecular formula is C55H37N3. The number of hydrogen-bond acceptors (Lipinski definition) is 3. The van der Waals surface area contributed by atoms with E-state index in [-0.39, 0.29) is 0 Å². The van der Waals surface area contributed by atoms with Crippen LogP contribution in [-0.4, -0.2) is 15.0 Å². The van der Waals surface area contributed by atoms with Gasteiger partial charge in [-0.05, 0) is 90.7 Å². The molecule has 0 aliphatic carbocycles. The monoisotopic (exact) mass is 739 g/mol. The normalized spacial score (nSPS) is 11.1. The van der Waals surface area contributed by atoms with Crippen molar-refractivity contribution in [2.45, 2.75) is 0 Å². The first kappa shape index (κ1) is 34.7. The Morgan fingerprint density at radius 3 is 1.24 bits per heavy atom. The lowest BCUT2D eigenvalue weighted by atomic mass is 9.90. The Kier molecular flexibility index (Phi) is 9.23. The lowest BCUT2D eigenvalue weighted by Crippen LogP contribution is -2.00. The van der Waals surface area contributed by atoms with Crippen molar-refractivity contribution in [3.8, 4) is 89.8 Å². The second-order valence-electron chi connectivity index (χ2n) is 14.5. The molecule has 3 nitrogen and oxygen atoms in total. The van der Waals surface area contributed by atoms with Gasteiger partial charge in [0.15, 0.2) is 17.5 Å². The molecule has 9 aromatic carbocycles. The van der Waals surface area contributed by atoms with Crippen molar-refractivity contribution in [1.29, 1.82) is 0 Å². The smallest absolute Gasteiger partial charge is 0.164 e. The number of rotatable bonds is 8. The average molecular weight is 740 g/mol. The highest BCUT2D eigenvalue weighted by Gasteiger charge is 2.16. The van der Waals surface area contributed by atoms with Crippen LogP contribution in [0.25, 0.3) is 101 Å². The van der Waals surface area contributed by atoms with Crippen LogP contribution in [0.2, 0.25) is 0 Å². The first-order valence-corrected chi connectivity index (χ1v) is 19.6. The van der Waals surface area contributed by atoms with Gasteiger partial charge in [-0.2, -0.15) is 0 Å². The minimum absolute atomic E-state index is 0.619. The minimum Gasteiger partial charge on any atom is -0.208 e. The van der Waals surface area contributed by atoms with Gasteiger partial charge in [-0.15, -0.1) is 0 Å². The number of nitrogens with zero attached hydrogens (tertiary/aromatic N) is 3. The van der Waals surface area contributed by atoms with Gasteiger partial charge in [-0.25, -0.2) is 15.0 Å². The van der Waals surface area contributed by atoms with Gasteiger partial charge in [-0.3, -0.25) is 0 Å². The predicted molar refractivity (Wildman–Crippen MR) is 241 cm³/mol. The molecule has 3 heteroatoms. The van der Waals surface area contributed by atoms with Crippen LogP contribution in [0.15, 0.2) is 224 Å². The summed E-state index contributed by atoms with van der Waals surface area (Å²) in [5.74, 6) is 1.87. The van der Waals surface area contributed by atoms with Crippen molar-refractivity contribution in [3.05, 3.63) is 224 Å². The van der Waals surface area contributed by atoms with Crippen molar-refractivity contribution >= 4 is 10.8 Å². The Bertz CT molecular complexity index is 3030. The number of benzene rings is 9. The van der Waals surface area contributed by atoms with E-state index in [2.05, 4.69) is 212 Å². The number of hydrogen-bond donors (Lipinski definition) is 0. The summed E-state index contributed by atoms with van der Waals surface area (Å²) < 4.78 is 0. The first-order valence-electron chi connectivity index (χ1n) is 19.6. The highest BCUT2D eigenvalue weighted by Crippen LogP contribution is 2.38. The molecule has 0 saturated carbocycles. The largest absolute Gasteiger partial charge is 0.208 e. The highest BCUT2D eigenvalue weighted by atomic mass is 15.0. The lowest BCUT2D eigenvalue weighted by molar-refractivity contribution is 1.07. The van der Waals surface area contributed by atoms with Gasteiger partial charge in [0, 0.05) is 16.7 Å². The van der Waals surface area contributed by atoms with Gasteiger partial charge < -0.3 is 0 Å². The molecule has 0 fully saturated rings. The van der Waals surface area contributed by atoms with Crippen molar-refractivity contribution in [3.63, 3.8) is 0 Å². The molecule has 0 radical (unpaired) electrons. The molecule has 10 rings (SSSR count). The van der Waals surface area contributed by atoms with Gasteiger partial charge in [0.25, 0.3) is 0 Å². The summed E-state index contributed by atoms with van der Waals surface area (Å²) in [6.45, 7) is 0. The van der Waals surface area contributed by atoms with E-state index in [4.69, 9.17) is 15.0 Å². The van der Waals surface area contributed by atoms with E-state index < -0.39 is 0 Å². The van der Waals surface area contributed by atoms with Crippen LogP contribution in [0.3, 0.4) is 0 Å². The molecule has 0 unspecified atom stereocenters. The molecule has 1 aromatic heterocycles. The van der Waals surface area contributed by atoms with Crippen molar-refractivity contribution < 1.29 is 0 Å². The summed E-state index contributed by atoms with van der Waals surface area (Å²) in [5, 5.41) is 2.47. The fourth-order valence-corrected chi connectivity index (χ4v) is 7.70. The summed E-state index contributed by atoms with van der Waals surface area (Å²) in [6, 6.07) is 79.0. The van der Waals surface area contributed by atoms with Crippen LogP contribution in [-0.2, 0) is 0 Å². The second kappa shape index (κ2) is 15.4. The summed E-state index contributed by atoms with van der Waals surface area (Å²) in [6.07, 6.45) is 0. The van der Waals surface area contributed by atoms with E-state index in [1.54, 1.807) is 0 Å². The van der Waals surface area contributed by atoms with Crippen molar-refractivity contribution in [2.24, 2.45) is 0 Å².